The minimum absolute atomic E-state index is 0.112. The predicted octanol–water partition coefficient (Wildman–Crippen LogP) is 2.65. The predicted molar refractivity (Wildman–Crippen MR) is 78.6 cm³/mol. The quantitative estimate of drug-likeness (QED) is 0.846. The molecule has 1 aromatic carbocycles. The van der Waals surface area contributed by atoms with E-state index in [9.17, 15) is 4.79 Å². The summed E-state index contributed by atoms with van der Waals surface area (Å²) in [6.07, 6.45) is 0.392. The summed E-state index contributed by atoms with van der Waals surface area (Å²) in [7, 11) is 3.07. The molecule has 6 nitrogen and oxygen atoms in total. The average Bonchev–Trinajstić information content (AvgIpc) is 2.91. The SMILES string of the molecule is COc1cccc(-c2nc(OC)nn2C(=O)CC(C)C)c1. The van der Waals surface area contributed by atoms with E-state index < -0.39 is 0 Å². The van der Waals surface area contributed by atoms with Gasteiger partial charge in [0.15, 0.2) is 5.82 Å². The van der Waals surface area contributed by atoms with Crippen LogP contribution in [0.5, 0.6) is 11.8 Å². The monoisotopic (exact) mass is 289 g/mol. The molecule has 6 heteroatoms. The van der Waals surface area contributed by atoms with Gasteiger partial charge in [0.25, 0.3) is 0 Å². The van der Waals surface area contributed by atoms with Crippen molar-refractivity contribution in [1.29, 1.82) is 0 Å². The molecule has 0 radical (unpaired) electrons. The molecule has 0 saturated heterocycles. The maximum atomic E-state index is 12.3. The highest BCUT2D eigenvalue weighted by Gasteiger charge is 2.19. The fourth-order valence-corrected chi connectivity index (χ4v) is 1.94. The van der Waals surface area contributed by atoms with Crippen LogP contribution in [0.3, 0.4) is 0 Å². The third kappa shape index (κ3) is 3.39. The minimum Gasteiger partial charge on any atom is -0.497 e. The second-order valence-electron chi connectivity index (χ2n) is 5.06. The van der Waals surface area contributed by atoms with Gasteiger partial charge in [-0.1, -0.05) is 26.0 Å². The van der Waals surface area contributed by atoms with Crippen molar-refractivity contribution < 1.29 is 14.3 Å². The number of benzene rings is 1. The molecular weight excluding hydrogens is 270 g/mol. The normalized spacial score (nSPS) is 10.7. The molecule has 0 aliphatic heterocycles. The molecule has 2 rings (SSSR count). The third-order valence-corrected chi connectivity index (χ3v) is 2.92. The maximum Gasteiger partial charge on any atom is 0.336 e. The fourth-order valence-electron chi connectivity index (χ4n) is 1.94. The standard InChI is InChI=1S/C15H19N3O3/c1-10(2)8-13(19)18-14(16-15(17-18)21-4)11-6-5-7-12(9-11)20-3/h5-7,9-10H,8H2,1-4H3. The molecule has 0 N–H and O–H groups in total. The van der Waals surface area contributed by atoms with Crippen molar-refractivity contribution in [2.45, 2.75) is 20.3 Å². The summed E-state index contributed by atoms with van der Waals surface area (Å²) in [5.74, 6) is 1.28. The first-order valence-electron chi connectivity index (χ1n) is 6.73. The van der Waals surface area contributed by atoms with Crippen LogP contribution in [0.1, 0.15) is 25.1 Å². The molecule has 0 saturated carbocycles. The zero-order valence-corrected chi connectivity index (χ0v) is 12.7. The number of aromatic nitrogens is 3. The summed E-state index contributed by atoms with van der Waals surface area (Å²) in [6, 6.07) is 7.50. The van der Waals surface area contributed by atoms with Crippen molar-refractivity contribution in [3.63, 3.8) is 0 Å². The average molecular weight is 289 g/mol. The number of ether oxygens (including phenoxy) is 2. The third-order valence-electron chi connectivity index (χ3n) is 2.92. The Morgan fingerprint density at radius 2 is 2.05 bits per heavy atom. The topological polar surface area (TPSA) is 66.2 Å². The number of carbonyl (C=O) groups is 1. The van der Waals surface area contributed by atoms with Gasteiger partial charge in [-0.15, -0.1) is 5.10 Å². The molecule has 21 heavy (non-hydrogen) atoms. The van der Waals surface area contributed by atoms with Crippen LogP contribution in [0.15, 0.2) is 24.3 Å². The number of nitrogens with zero attached hydrogens (tertiary/aromatic N) is 3. The van der Waals surface area contributed by atoms with Crippen molar-refractivity contribution in [2.75, 3.05) is 14.2 Å². The highest BCUT2D eigenvalue weighted by molar-refractivity contribution is 5.82. The Morgan fingerprint density at radius 1 is 1.29 bits per heavy atom. The zero-order valence-electron chi connectivity index (χ0n) is 12.7. The van der Waals surface area contributed by atoms with Crippen LogP contribution in [-0.2, 0) is 0 Å². The van der Waals surface area contributed by atoms with E-state index >= 15 is 0 Å². The van der Waals surface area contributed by atoms with Gasteiger partial charge < -0.3 is 9.47 Å². The van der Waals surface area contributed by atoms with E-state index in [1.54, 1.807) is 7.11 Å². The van der Waals surface area contributed by atoms with Crippen molar-refractivity contribution >= 4 is 5.91 Å². The van der Waals surface area contributed by atoms with E-state index in [0.717, 1.165) is 5.56 Å². The number of methoxy groups -OCH3 is 2. The zero-order chi connectivity index (χ0) is 15.4. The summed E-state index contributed by atoms with van der Waals surface area (Å²) in [5, 5.41) is 4.11. The van der Waals surface area contributed by atoms with Gasteiger partial charge in [0.1, 0.15) is 5.75 Å². The maximum absolute atomic E-state index is 12.3. The fraction of sp³-hybridized carbons (Fsp3) is 0.400. The lowest BCUT2D eigenvalue weighted by molar-refractivity contribution is 0.0871. The van der Waals surface area contributed by atoms with Crippen molar-refractivity contribution in [3.05, 3.63) is 24.3 Å². The number of rotatable bonds is 5. The lowest BCUT2D eigenvalue weighted by Crippen LogP contribution is -2.16. The molecule has 0 aliphatic carbocycles. The van der Waals surface area contributed by atoms with Gasteiger partial charge in [-0.05, 0) is 18.1 Å². The lowest BCUT2D eigenvalue weighted by Gasteiger charge is -2.07. The second kappa shape index (κ2) is 6.39. The molecule has 1 heterocycles. The van der Waals surface area contributed by atoms with E-state index in [1.807, 2.05) is 38.1 Å². The Morgan fingerprint density at radius 3 is 2.67 bits per heavy atom. The minimum atomic E-state index is -0.112. The van der Waals surface area contributed by atoms with Gasteiger partial charge in [-0.2, -0.15) is 9.67 Å². The molecule has 0 fully saturated rings. The van der Waals surface area contributed by atoms with Crippen LogP contribution >= 0.6 is 0 Å². The van der Waals surface area contributed by atoms with E-state index in [-0.39, 0.29) is 17.8 Å². The molecule has 1 aromatic heterocycles. The van der Waals surface area contributed by atoms with Gasteiger partial charge >= 0.3 is 6.01 Å². The summed E-state index contributed by atoms with van der Waals surface area (Å²) in [5.41, 5.74) is 0.752. The first-order chi connectivity index (χ1) is 10.0. The molecule has 2 aromatic rings. The Balaban J connectivity index is 2.46. The Bertz CT molecular complexity index is 635. The highest BCUT2D eigenvalue weighted by atomic mass is 16.5. The molecule has 0 spiro atoms. The first-order valence-corrected chi connectivity index (χ1v) is 6.73. The molecule has 0 aliphatic rings. The number of hydrogen-bond acceptors (Lipinski definition) is 5. The van der Waals surface area contributed by atoms with Crippen molar-refractivity contribution in [2.24, 2.45) is 5.92 Å². The van der Waals surface area contributed by atoms with Crippen LogP contribution in [0.2, 0.25) is 0 Å². The number of carbonyl (C=O) groups excluding carboxylic acids is 1. The Hall–Kier alpha value is -2.37. The lowest BCUT2D eigenvalue weighted by atomic mass is 10.1. The first kappa shape index (κ1) is 15.0. The highest BCUT2D eigenvalue weighted by Crippen LogP contribution is 2.24. The number of hydrogen-bond donors (Lipinski definition) is 0. The van der Waals surface area contributed by atoms with Gasteiger partial charge in [0.2, 0.25) is 5.91 Å². The van der Waals surface area contributed by atoms with Gasteiger partial charge in [0.05, 0.1) is 14.2 Å². The molecule has 0 atom stereocenters. The molecule has 0 amide bonds. The van der Waals surface area contributed by atoms with E-state index in [0.29, 0.717) is 18.0 Å². The summed E-state index contributed by atoms with van der Waals surface area (Å²) >= 11 is 0. The van der Waals surface area contributed by atoms with Gasteiger partial charge in [-0.25, -0.2) is 0 Å². The van der Waals surface area contributed by atoms with Gasteiger partial charge in [0, 0.05) is 12.0 Å². The summed E-state index contributed by atoms with van der Waals surface area (Å²) < 4.78 is 11.5. The second-order valence-corrected chi connectivity index (χ2v) is 5.06. The van der Waals surface area contributed by atoms with E-state index in [1.165, 1.54) is 11.8 Å². The van der Waals surface area contributed by atoms with E-state index in [2.05, 4.69) is 10.1 Å². The largest absolute Gasteiger partial charge is 0.497 e. The van der Waals surface area contributed by atoms with Crippen molar-refractivity contribution in [1.82, 2.24) is 14.8 Å². The van der Waals surface area contributed by atoms with Crippen LogP contribution in [-0.4, -0.2) is 34.9 Å². The van der Waals surface area contributed by atoms with Crippen LogP contribution in [0.4, 0.5) is 0 Å². The van der Waals surface area contributed by atoms with Crippen LogP contribution in [0, 0.1) is 5.92 Å². The Labute approximate surface area is 123 Å². The van der Waals surface area contributed by atoms with Crippen LogP contribution in [0.25, 0.3) is 11.4 Å². The smallest absolute Gasteiger partial charge is 0.336 e. The van der Waals surface area contributed by atoms with Crippen molar-refractivity contribution in [3.8, 4) is 23.1 Å². The van der Waals surface area contributed by atoms with Crippen LogP contribution < -0.4 is 9.47 Å². The molecular formula is C15H19N3O3. The van der Waals surface area contributed by atoms with E-state index in [4.69, 9.17) is 9.47 Å². The Kier molecular flexibility index (Phi) is 4.57. The molecule has 0 bridgehead atoms. The molecule has 112 valence electrons. The molecule has 0 unspecified atom stereocenters. The summed E-state index contributed by atoms with van der Waals surface area (Å²) in [4.78, 5) is 16.6. The summed E-state index contributed by atoms with van der Waals surface area (Å²) in [6.45, 7) is 3.97. The van der Waals surface area contributed by atoms with Gasteiger partial charge in [-0.3, -0.25) is 4.79 Å².